The summed E-state index contributed by atoms with van der Waals surface area (Å²) in [5.41, 5.74) is 2.92. The number of aliphatic hydroxyl groups is 1. The van der Waals surface area contributed by atoms with Gasteiger partial charge in [0.05, 0.1) is 11.7 Å². The van der Waals surface area contributed by atoms with Gasteiger partial charge in [-0.05, 0) is 49.1 Å². The molecule has 0 amide bonds. The van der Waals surface area contributed by atoms with Gasteiger partial charge in [-0.1, -0.05) is 43.5 Å². The Labute approximate surface area is 127 Å². The third kappa shape index (κ3) is 2.43. The van der Waals surface area contributed by atoms with Crippen LogP contribution >= 0.6 is 0 Å². The molecule has 3 aliphatic rings. The van der Waals surface area contributed by atoms with Crippen LogP contribution in [0, 0.1) is 5.92 Å². The van der Waals surface area contributed by atoms with Crippen LogP contribution in [0.3, 0.4) is 0 Å². The summed E-state index contributed by atoms with van der Waals surface area (Å²) >= 11 is 0. The van der Waals surface area contributed by atoms with Crippen molar-refractivity contribution < 1.29 is 9.84 Å². The van der Waals surface area contributed by atoms with Gasteiger partial charge in [0, 0.05) is 12.5 Å². The second-order valence-electron chi connectivity index (χ2n) is 7.35. The minimum atomic E-state index is -0.178. The highest BCUT2D eigenvalue weighted by Crippen LogP contribution is 2.46. The normalized spacial score (nSPS) is 32.2. The van der Waals surface area contributed by atoms with Crippen molar-refractivity contribution in [3.05, 3.63) is 35.4 Å². The molecule has 1 heterocycles. The van der Waals surface area contributed by atoms with E-state index in [1.807, 2.05) is 0 Å². The number of hydrogen-bond acceptors (Lipinski definition) is 2. The Kier molecular flexibility index (Phi) is 3.55. The van der Waals surface area contributed by atoms with E-state index in [0.717, 1.165) is 25.9 Å². The predicted molar refractivity (Wildman–Crippen MR) is 83.4 cm³/mol. The van der Waals surface area contributed by atoms with E-state index >= 15 is 0 Å². The Bertz CT molecular complexity index is 499. The lowest BCUT2D eigenvalue weighted by Gasteiger charge is -2.47. The van der Waals surface area contributed by atoms with E-state index < -0.39 is 0 Å². The monoisotopic (exact) mass is 286 g/mol. The molecule has 1 N–H and O–H groups in total. The number of hydrogen-bond donors (Lipinski definition) is 1. The quantitative estimate of drug-likeness (QED) is 0.895. The van der Waals surface area contributed by atoms with Crippen LogP contribution < -0.4 is 0 Å². The summed E-state index contributed by atoms with van der Waals surface area (Å²) in [6.07, 6.45) is 9.35. The molecule has 0 radical (unpaired) electrons. The average Bonchev–Trinajstić information content (AvgIpc) is 2.49. The van der Waals surface area contributed by atoms with Crippen molar-refractivity contribution in [1.82, 2.24) is 0 Å². The molecule has 1 aromatic carbocycles. The molecule has 0 aromatic heterocycles. The van der Waals surface area contributed by atoms with Crippen LogP contribution in [0.25, 0.3) is 0 Å². The molecule has 4 rings (SSSR count). The third-order valence-corrected chi connectivity index (χ3v) is 6.09. The lowest BCUT2D eigenvalue weighted by molar-refractivity contribution is -0.136. The maximum atomic E-state index is 10.9. The largest absolute Gasteiger partial charge is 0.392 e. The van der Waals surface area contributed by atoms with Crippen molar-refractivity contribution in [2.24, 2.45) is 5.92 Å². The van der Waals surface area contributed by atoms with Crippen LogP contribution in [0.2, 0.25) is 0 Å². The standard InChI is InChI=1S/C19H26O2/c20-18(17-12-14-6-2-3-7-16(14)17)15-8-11-21-19(13-15)9-4-1-5-10-19/h2-3,6-7,15,17-18,20H,1,4-5,8-13H2. The highest BCUT2D eigenvalue weighted by molar-refractivity contribution is 5.41. The Morgan fingerprint density at radius 3 is 2.76 bits per heavy atom. The van der Waals surface area contributed by atoms with E-state index in [4.69, 9.17) is 4.74 Å². The van der Waals surface area contributed by atoms with Crippen molar-refractivity contribution in [1.29, 1.82) is 0 Å². The summed E-state index contributed by atoms with van der Waals surface area (Å²) in [5, 5.41) is 10.9. The van der Waals surface area contributed by atoms with Crippen molar-refractivity contribution in [3.63, 3.8) is 0 Å². The summed E-state index contributed by atoms with van der Waals surface area (Å²) in [6, 6.07) is 8.60. The molecule has 0 bridgehead atoms. The molecule has 1 spiro atoms. The number of rotatable bonds is 2. The van der Waals surface area contributed by atoms with Gasteiger partial charge in [-0.25, -0.2) is 0 Å². The van der Waals surface area contributed by atoms with Gasteiger partial charge in [0.2, 0.25) is 0 Å². The summed E-state index contributed by atoms with van der Waals surface area (Å²) < 4.78 is 6.18. The van der Waals surface area contributed by atoms with Crippen LogP contribution in [0.5, 0.6) is 0 Å². The smallest absolute Gasteiger partial charge is 0.0686 e. The highest BCUT2D eigenvalue weighted by Gasteiger charge is 2.44. The minimum Gasteiger partial charge on any atom is -0.392 e. The molecule has 2 heteroatoms. The maximum Gasteiger partial charge on any atom is 0.0686 e. The van der Waals surface area contributed by atoms with Crippen molar-refractivity contribution in [2.75, 3.05) is 6.61 Å². The molecule has 1 saturated carbocycles. The summed E-state index contributed by atoms with van der Waals surface area (Å²) in [6.45, 7) is 0.843. The molecule has 1 aliphatic heterocycles. The minimum absolute atomic E-state index is 0.103. The molecule has 2 nitrogen and oxygen atoms in total. The van der Waals surface area contributed by atoms with E-state index in [1.54, 1.807) is 0 Å². The van der Waals surface area contributed by atoms with Crippen molar-refractivity contribution in [2.45, 2.75) is 69.0 Å². The van der Waals surface area contributed by atoms with Crippen LogP contribution in [0.4, 0.5) is 0 Å². The molecular weight excluding hydrogens is 260 g/mol. The van der Waals surface area contributed by atoms with Gasteiger partial charge in [-0.2, -0.15) is 0 Å². The van der Waals surface area contributed by atoms with Gasteiger partial charge in [0.25, 0.3) is 0 Å². The van der Waals surface area contributed by atoms with Crippen molar-refractivity contribution in [3.8, 4) is 0 Å². The molecule has 3 unspecified atom stereocenters. The van der Waals surface area contributed by atoms with Crippen LogP contribution in [-0.4, -0.2) is 23.4 Å². The van der Waals surface area contributed by atoms with E-state index in [2.05, 4.69) is 24.3 Å². The fourth-order valence-electron chi connectivity index (χ4n) is 4.83. The zero-order chi connectivity index (χ0) is 14.3. The second kappa shape index (κ2) is 5.40. The highest BCUT2D eigenvalue weighted by atomic mass is 16.5. The fraction of sp³-hybridized carbons (Fsp3) is 0.684. The van der Waals surface area contributed by atoms with Crippen LogP contribution in [-0.2, 0) is 11.2 Å². The van der Waals surface area contributed by atoms with E-state index in [0.29, 0.717) is 11.8 Å². The molecule has 1 saturated heterocycles. The first-order valence-electron chi connectivity index (χ1n) is 8.67. The van der Waals surface area contributed by atoms with Gasteiger partial charge in [0.1, 0.15) is 0 Å². The van der Waals surface area contributed by atoms with E-state index in [1.165, 1.54) is 43.2 Å². The maximum absolute atomic E-state index is 10.9. The number of ether oxygens (including phenoxy) is 1. The molecule has 1 aromatic rings. The van der Waals surface area contributed by atoms with Gasteiger partial charge in [-0.15, -0.1) is 0 Å². The molecule has 2 aliphatic carbocycles. The molecule has 3 atom stereocenters. The first-order valence-corrected chi connectivity index (χ1v) is 8.67. The van der Waals surface area contributed by atoms with Crippen molar-refractivity contribution >= 4 is 0 Å². The molecular formula is C19H26O2. The predicted octanol–water partition coefficient (Wildman–Crippen LogP) is 3.82. The third-order valence-electron chi connectivity index (χ3n) is 6.09. The Hall–Kier alpha value is -0.860. The van der Waals surface area contributed by atoms with Crippen LogP contribution in [0.15, 0.2) is 24.3 Å². The van der Waals surface area contributed by atoms with E-state index in [9.17, 15) is 5.11 Å². The molecule has 2 fully saturated rings. The number of benzene rings is 1. The van der Waals surface area contributed by atoms with Gasteiger partial charge in [-0.3, -0.25) is 0 Å². The van der Waals surface area contributed by atoms with Gasteiger partial charge in [0.15, 0.2) is 0 Å². The zero-order valence-electron chi connectivity index (χ0n) is 12.8. The zero-order valence-corrected chi connectivity index (χ0v) is 12.8. The summed E-state index contributed by atoms with van der Waals surface area (Å²) in [5.74, 6) is 0.792. The Balaban J connectivity index is 1.46. The lowest BCUT2D eigenvalue weighted by Crippen LogP contribution is -2.46. The summed E-state index contributed by atoms with van der Waals surface area (Å²) in [4.78, 5) is 0. The van der Waals surface area contributed by atoms with Gasteiger partial charge < -0.3 is 9.84 Å². The Morgan fingerprint density at radius 1 is 1.14 bits per heavy atom. The fourth-order valence-corrected chi connectivity index (χ4v) is 4.83. The number of aliphatic hydroxyl groups excluding tert-OH is 1. The Morgan fingerprint density at radius 2 is 1.95 bits per heavy atom. The first kappa shape index (κ1) is 13.8. The second-order valence-corrected chi connectivity index (χ2v) is 7.35. The SMILES string of the molecule is OC(C1CCOC2(CCCCC2)C1)C1Cc2ccccc21. The molecule has 114 valence electrons. The van der Waals surface area contributed by atoms with E-state index in [-0.39, 0.29) is 11.7 Å². The van der Waals surface area contributed by atoms with Crippen LogP contribution in [0.1, 0.15) is 62.0 Å². The molecule has 21 heavy (non-hydrogen) atoms. The first-order chi connectivity index (χ1) is 10.3. The summed E-state index contributed by atoms with van der Waals surface area (Å²) in [7, 11) is 0. The topological polar surface area (TPSA) is 29.5 Å². The lowest BCUT2D eigenvalue weighted by atomic mass is 9.67. The van der Waals surface area contributed by atoms with Gasteiger partial charge >= 0.3 is 0 Å². The number of fused-ring (bicyclic) bond motifs is 1. The average molecular weight is 286 g/mol.